The Morgan fingerprint density at radius 3 is 2.70 bits per heavy atom. The number of anilines is 1. The molecule has 0 aliphatic carbocycles. The van der Waals surface area contributed by atoms with E-state index in [1.807, 2.05) is 0 Å². The van der Waals surface area contributed by atoms with Gasteiger partial charge in [0.25, 0.3) is 0 Å². The summed E-state index contributed by atoms with van der Waals surface area (Å²) in [5, 5.41) is 0. The highest BCUT2D eigenvalue weighted by atomic mass is 79.9. The van der Waals surface area contributed by atoms with E-state index in [1.165, 1.54) is 30.7 Å². The van der Waals surface area contributed by atoms with E-state index >= 15 is 0 Å². The van der Waals surface area contributed by atoms with Crippen molar-refractivity contribution in [3.05, 3.63) is 22.7 Å². The predicted octanol–water partition coefficient (Wildman–Crippen LogP) is -0.0188. The van der Waals surface area contributed by atoms with Crippen LogP contribution >= 0.6 is 15.9 Å². The minimum absolute atomic E-state index is 0.0450. The minimum atomic E-state index is -0.913. The Bertz CT molecular complexity index is 663. The van der Waals surface area contributed by atoms with Crippen molar-refractivity contribution in [3.63, 3.8) is 0 Å². The quantitative estimate of drug-likeness (QED) is 0.562. The van der Waals surface area contributed by atoms with Gasteiger partial charge in [-0.25, -0.2) is 4.79 Å². The number of nitrogen functional groups attached to an aromatic ring is 1. The monoisotopic (exact) mass is 389 g/mol. The van der Waals surface area contributed by atoms with Gasteiger partial charge in [0.05, 0.1) is 4.83 Å². The highest BCUT2D eigenvalue weighted by molar-refractivity contribution is 9.09. The molecule has 0 unspecified atom stereocenters. The van der Waals surface area contributed by atoms with Crippen molar-refractivity contribution in [1.82, 2.24) is 9.55 Å². The van der Waals surface area contributed by atoms with E-state index in [0.717, 1.165) is 0 Å². The van der Waals surface area contributed by atoms with Gasteiger partial charge in [0.15, 0.2) is 12.3 Å². The molecule has 1 aliphatic heterocycles. The van der Waals surface area contributed by atoms with Gasteiger partial charge in [-0.1, -0.05) is 15.9 Å². The van der Waals surface area contributed by atoms with E-state index in [9.17, 15) is 14.4 Å². The van der Waals surface area contributed by atoms with E-state index in [1.54, 1.807) is 0 Å². The number of nitrogens with zero attached hydrogens (tertiary/aromatic N) is 2. The molecule has 0 amide bonds. The zero-order valence-corrected chi connectivity index (χ0v) is 14.1. The molecule has 1 aliphatic rings. The van der Waals surface area contributed by atoms with Crippen LogP contribution in [0.15, 0.2) is 17.1 Å². The third-order valence-corrected chi connectivity index (χ3v) is 4.25. The van der Waals surface area contributed by atoms with Gasteiger partial charge in [0.2, 0.25) is 0 Å². The molecule has 126 valence electrons. The van der Waals surface area contributed by atoms with Crippen molar-refractivity contribution in [2.24, 2.45) is 0 Å². The first-order valence-electron chi connectivity index (χ1n) is 6.74. The third-order valence-electron chi connectivity index (χ3n) is 3.14. The maximum Gasteiger partial charge on any atom is 0.351 e. The number of carbonyl (C=O) groups excluding carboxylic acids is 2. The number of ether oxygens (including phenoxy) is 3. The van der Waals surface area contributed by atoms with Crippen molar-refractivity contribution < 1.29 is 23.8 Å². The van der Waals surface area contributed by atoms with Gasteiger partial charge in [-0.3, -0.25) is 14.2 Å². The van der Waals surface area contributed by atoms with Crippen LogP contribution in [0, 0.1) is 0 Å². The Labute approximate surface area is 139 Å². The van der Waals surface area contributed by atoms with E-state index in [4.69, 9.17) is 19.9 Å². The Hall–Kier alpha value is -1.94. The molecule has 0 bridgehead atoms. The Morgan fingerprint density at radius 1 is 1.43 bits per heavy atom. The molecule has 4 atom stereocenters. The van der Waals surface area contributed by atoms with Crippen LogP contribution in [0.25, 0.3) is 0 Å². The number of esters is 2. The summed E-state index contributed by atoms with van der Waals surface area (Å²) >= 11 is 3.37. The van der Waals surface area contributed by atoms with E-state index in [0.29, 0.717) is 0 Å². The van der Waals surface area contributed by atoms with Crippen molar-refractivity contribution in [2.45, 2.75) is 37.1 Å². The summed E-state index contributed by atoms with van der Waals surface area (Å²) in [6, 6.07) is 1.43. The van der Waals surface area contributed by atoms with Crippen LogP contribution in [0.4, 0.5) is 5.82 Å². The number of alkyl halides is 1. The molecule has 1 saturated heterocycles. The number of hydrogen-bond acceptors (Lipinski definition) is 8. The molecule has 10 heteroatoms. The Morgan fingerprint density at radius 2 is 2.13 bits per heavy atom. The SMILES string of the molecule is CC(=O)OC[C@H]1O[C@@H](n2ccc(N)nc2=O)[C@H](OC(C)=O)[C@@H]1Br. The number of halogens is 1. The molecule has 0 radical (unpaired) electrons. The molecule has 2 N–H and O–H groups in total. The van der Waals surface area contributed by atoms with E-state index < -0.39 is 40.9 Å². The summed E-state index contributed by atoms with van der Waals surface area (Å²) in [5.41, 5.74) is 4.82. The lowest BCUT2D eigenvalue weighted by atomic mass is 10.2. The highest BCUT2D eigenvalue weighted by Gasteiger charge is 2.47. The second kappa shape index (κ2) is 7.09. The summed E-state index contributed by atoms with van der Waals surface area (Å²) in [4.78, 5) is 37.4. The molecule has 1 aromatic heterocycles. The molecular weight excluding hydrogens is 374 g/mol. The highest BCUT2D eigenvalue weighted by Crippen LogP contribution is 2.35. The predicted molar refractivity (Wildman–Crippen MR) is 81.7 cm³/mol. The maximum absolute atomic E-state index is 12.0. The first kappa shape index (κ1) is 17.4. The summed E-state index contributed by atoms with van der Waals surface area (Å²) < 4.78 is 17.1. The molecule has 9 nitrogen and oxygen atoms in total. The molecule has 2 rings (SSSR count). The van der Waals surface area contributed by atoms with E-state index in [-0.39, 0.29) is 12.4 Å². The normalized spacial score (nSPS) is 26.7. The zero-order valence-electron chi connectivity index (χ0n) is 12.5. The number of aromatic nitrogens is 2. The second-order valence-corrected chi connectivity index (χ2v) is 5.99. The van der Waals surface area contributed by atoms with Gasteiger partial charge in [0.1, 0.15) is 18.5 Å². The van der Waals surface area contributed by atoms with Gasteiger partial charge in [-0.05, 0) is 6.07 Å². The first-order valence-corrected chi connectivity index (χ1v) is 7.66. The number of hydrogen-bond donors (Lipinski definition) is 1. The minimum Gasteiger partial charge on any atom is -0.463 e. The summed E-state index contributed by atoms with van der Waals surface area (Å²) in [7, 11) is 0. The average molecular weight is 390 g/mol. The van der Waals surface area contributed by atoms with Gasteiger partial charge >= 0.3 is 17.6 Å². The molecule has 0 aromatic carbocycles. The Balaban J connectivity index is 2.28. The molecule has 0 saturated carbocycles. The zero-order chi connectivity index (χ0) is 17.1. The van der Waals surface area contributed by atoms with Gasteiger partial charge < -0.3 is 19.9 Å². The summed E-state index contributed by atoms with van der Waals surface area (Å²) in [6.07, 6.45) is -0.905. The number of carbonyl (C=O) groups is 2. The van der Waals surface area contributed by atoms with Crippen LogP contribution in [0.1, 0.15) is 20.1 Å². The van der Waals surface area contributed by atoms with Crippen LogP contribution in [-0.2, 0) is 23.8 Å². The van der Waals surface area contributed by atoms with Crippen molar-refractivity contribution >= 4 is 33.7 Å². The summed E-state index contributed by atoms with van der Waals surface area (Å²) in [6.45, 7) is 2.48. The Kier molecular flexibility index (Phi) is 5.37. The fourth-order valence-corrected chi connectivity index (χ4v) is 2.84. The fourth-order valence-electron chi connectivity index (χ4n) is 2.19. The molecule has 2 heterocycles. The van der Waals surface area contributed by atoms with E-state index in [2.05, 4.69) is 20.9 Å². The average Bonchev–Trinajstić information content (AvgIpc) is 2.73. The second-order valence-electron chi connectivity index (χ2n) is 4.93. The molecule has 1 aromatic rings. The molecule has 0 spiro atoms. The standard InChI is InChI=1S/C13H16BrN3O6/c1-6(18)21-5-8-10(14)11(22-7(2)19)12(23-8)17-4-3-9(15)16-13(17)20/h3-4,8,10-12H,5H2,1-2H3,(H2,15,16,20)/t8-,10-,11-,12-/m1/s1. The largest absolute Gasteiger partial charge is 0.463 e. The van der Waals surface area contributed by atoms with Crippen LogP contribution in [0.2, 0.25) is 0 Å². The van der Waals surface area contributed by atoms with Crippen LogP contribution < -0.4 is 11.4 Å². The molecular formula is C13H16BrN3O6. The fraction of sp³-hybridized carbons (Fsp3) is 0.538. The lowest BCUT2D eigenvalue weighted by molar-refractivity contribution is -0.153. The summed E-state index contributed by atoms with van der Waals surface area (Å²) in [5.74, 6) is -0.926. The van der Waals surface area contributed by atoms with Crippen LogP contribution in [0.5, 0.6) is 0 Å². The number of rotatable bonds is 4. The van der Waals surface area contributed by atoms with Gasteiger partial charge in [0, 0.05) is 20.0 Å². The smallest absolute Gasteiger partial charge is 0.351 e. The molecule has 23 heavy (non-hydrogen) atoms. The van der Waals surface area contributed by atoms with Crippen LogP contribution in [-0.4, -0.2) is 45.1 Å². The van der Waals surface area contributed by atoms with Crippen molar-refractivity contribution in [2.75, 3.05) is 12.3 Å². The number of nitrogens with two attached hydrogens (primary N) is 1. The molecule has 1 fully saturated rings. The van der Waals surface area contributed by atoms with Gasteiger partial charge in [-0.2, -0.15) is 4.98 Å². The lowest BCUT2D eigenvalue weighted by Gasteiger charge is -2.21. The van der Waals surface area contributed by atoms with Crippen molar-refractivity contribution in [3.8, 4) is 0 Å². The topological polar surface area (TPSA) is 123 Å². The van der Waals surface area contributed by atoms with Gasteiger partial charge in [-0.15, -0.1) is 0 Å². The third kappa shape index (κ3) is 4.08. The maximum atomic E-state index is 12.0. The van der Waals surface area contributed by atoms with Crippen LogP contribution in [0.3, 0.4) is 0 Å². The lowest BCUT2D eigenvalue weighted by Crippen LogP contribution is -2.36. The van der Waals surface area contributed by atoms with Crippen molar-refractivity contribution in [1.29, 1.82) is 0 Å². The first-order chi connectivity index (χ1) is 10.8.